The fraction of sp³-hybridized carbons (Fsp3) is 0.556. The fourth-order valence-electron chi connectivity index (χ4n) is 2.39. The average Bonchev–Trinajstić information content (AvgIpc) is 3.19. The minimum atomic E-state index is -4.07. The smallest absolute Gasteiger partial charge is 0.272 e. The first-order valence-corrected chi connectivity index (χ1v) is 6.69. The number of carbonyl (C=O) groups is 1. The first kappa shape index (κ1) is 4.82. The molecule has 1 aromatic heterocycles. The second-order valence-corrected chi connectivity index (χ2v) is 4.88. The molecular weight excluding hydrogens is 288 g/mol. The summed E-state index contributed by atoms with van der Waals surface area (Å²) < 4.78 is 150. The third-order valence-electron chi connectivity index (χ3n) is 3.45. The van der Waals surface area contributed by atoms with Crippen LogP contribution in [0.3, 0.4) is 0 Å². The third kappa shape index (κ3) is 2.53. The molecule has 0 unspecified atom stereocenters. The lowest BCUT2D eigenvalue weighted by Gasteiger charge is -2.47. The van der Waals surface area contributed by atoms with Gasteiger partial charge in [-0.15, -0.1) is 0 Å². The SMILES string of the molecule is [2H]C([2H])([2H])N1[C@@]2([2H])C([2H])([2H])C(NC(=O)c3nn(C([2H])([2H])[2H])c4ccccc34)C([2H])([2H])[C@@]1([2H])C([2H])([2H])C([2H])([2H])C2([2H])[2H]. The van der Waals surface area contributed by atoms with E-state index >= 15 is 0 Å². The summed E-state index contributed by atoms with van der Waals surface area (Å²) in [7, 11) is 0. The Labute approximate surface area is 161 Å². The maximum Gasteiger partial charge on any atom is 0.272 e. The number of hydrogen-bond acceptors (Lipinski definition) is 3. The van der Waals surface area contributed by atoms with E-state index in [1.165, 1.54) is 24.3 Å². The number of para-hydroxylation sites is 1. The summed E-state index contributed by atoms with van der Waals surface area (Å²) in [6.45, 7) is -6.82. The Morgan fingerprint density at radius 3 is 2.87 bits per heavy atom. The van der Waals surface area contributed by atoms with Crippen LogP contribution < -0.4 is 5.32 Å². The lowest BCUT2D eigenvalue weighted by molar-refractivity contribution is 0.0462. The number of benzene rings is 1. The van der Waals surface area contributed by atoms with Crippen LogP contribution in [0.1, 0.15) is 67.0 Å². The van der Waals surface area contributed by atoms with Gasteiger partial charge < -0.3 is 10.2 Å². The predicted molar refractivity (Wildman–Crippen MR) is 90.4 cm³/mol. The van der Waals surface area contributed by atoms with E-state index in [0.29, 0.717) is 4.68 Å². The predicted octanol–water partition coefficient (Wildman–Crippen LogP) is 2.32. The van der Waals surface area contributed by atoms with Gasteiger partial charge in [-0.05, 0) is 38.5 Å². The Kier molecular flexibility index (Phi) is 1.18. The van der Waals surface area contributed by atoms with Crippen LogP contribution in [-0.4, -0.2) is 45.6 Å². The van der Waals surface area contributed by atoms with Crippen molar-refractivity contribution in [1.82, 2.24) is 20.0 Å². The van der Waals surface area contributed by atoms with E-state index in [0.717, 1.165) is 0 Å². The van der Waals surface area contributed by atoms with E-state index in [4.69, 9.17) is 24.7 Å². The number of nitrogens with one attached hydrogen (secondary N) is 1. The van der Waals surface area contributed by atoms with Crippen LogP contribution in [0.5, 0.6) is 0 Å². The molecule has 2 bridgehead atoms. The van der Waals surface area contributed by atoms with Crippen LogP contribution >= 0.6 is 0 Å². The van der Waals surface area contributed by atoms with Crippen molar-refractivity contribution in [1.29, 1.82) is 0 Å². The van der Waals surface area contributed by atoms with Gasteiger partial charge in [-0.2, -0.15) is 5.10 Å². The molecule has 1 aromatic carbocycles. The van der Waals surface area contributed by atoms with Crippen molar-refractivity contribution in [3.8, 4) is 0 Å². The second-order valence-electron chi connectivity index (χ2n) is 4.88. The first-order valence-electron chi connectivity index (χ1n) is 15.7. The Hall–Kier alpha value is -1.88. The number of hydrogen-bond donors (Lipinski definition) is 1. The highest BCUT2D eigenvalue weighted by molar-refractivity contribution is 6.04. The molecule has 2 fully saturated rings. The largest absolute Gasteiger partial charge is 0.348 e. The topological polar surface area (TPSA) is 50.2 Å². The summed E-state index contributed by atoms with van der Waals surface area (Å²) in [6.07, 6.45) is -19.9. The molecule has 0 spiro atoms. The molecule has 0 aliphatic carbocycles. The molecule has 2 aliphatic rings. The van der Waals surface area contributed by atoms with E-state index in [9.17, 15) is 4.79 Å². The van der Waals surface area contributed by atoms with Crippen molar-refractivity contribution in [2.75, 3.05) is 6.98 Å². The van der Waals surface area contributed by atoms with Crippen LogP contribution in [0.4, 0.5) is 0 Å². The van der Waals surface area contributed by atoms with Crippen molar-refractivity contribution in [2.45, 2.75) is 49.9 Å². The van der Waals surface area contributed by atoms with E-state index in [1.807, 2.05) is 5.32 Å². The molecule has 2 aromatic rings. The summed E-state index contributed by atoms with van der Waals surface area (Å²) in [6, 6.07) is -5.51. The maximum absolute atomic E-state index is 13.5. The van der Waals surface area contributed by atoms with Crippen LogP contribution in [0.2, 0.25) is 0 Å². The van der Waals surface area contributed by atoms with Crippen LogP contribution in [0.25, 0.3) is 10.9 Å². The van der Waals surface area contributed by atoms with Crippen molar-refractivity contribution < 1.29 is 29.5 Å². The Balaban J connectivity index is 2.00. The maximum atomic E-state index is 13.5. The third-order valence-corrected chi connectivity index (χ3v) is 3.45. The number of carbonyl (C=O) groups excluding carboxylic acids is 1. The molecule has 3 heterocycles. The Bertz CT molecular complexity index is 1370. The van der Waals surface area contributed by atoms with Gasteiger partial charge in [0.25, 0.3) is 5.91 Å². The summed E-state index contributed by atoms with van der Waals surface area (Å²) in [4.78, 5) is 12.9. The minimum absolute atomic E-state index is 0.0763. The van der Waals surface area contributed by atoms with Gasteiger partial charge in [-0.3, -0.25) is 9.48 Å². The zero-order valence-electron chi connectivity index (χ0n) is 29.6. The molecule has 4 rings (SSSR count). The monoisotopic (exact) mass is 330 g/mol. The molecule has 0 saturated carbocycles. The normalized spacial score (nSPS) is 58.0. The first-order chi connectivity index (χ1) is 18.1. The fourth-order valence-corrected chi connectivity index (χ4v) is 2.39. The van der Waals surface area contributed by atoms with Gasteiger partial charge in [0.2, 0.25) is 0 Å². The summed E-state index contributed by atoms with van der Waals surface area (Å²) in [5.41, 5.74) is -0.751. The highest BCUT2D eigenvalue weighted by atomic mass is 16.2. The summed E-state index contributed by atoms with van der Waals surface area (Å²) >= 11 is 0. The Morgan fingerprint density at radius 1 is 1.35 bits per heavy atom. The van der Waals surface area contributed by atoms with E-state index in [1.54, 1.807) is 0 Å². The van der Waals surface area contributed by atoms with Gasteiger partial charge in [0.1, 0.15) is 0 Å². The van der Waals surface area contributed by atoms with Crippen molar-refractivity contribution in [2.24, 2.45) is 6.98 Å². The molecule has 122 valence electrons. The van der Waals surface area contributed by atoms with Gasteiger partial charge >= 0.3 is 0 Å². The molecule has 1 amide bonds. The summed E-state index contributed by atoms with van der Waals surface area (Å²) in [5.74, 6) is -1.46. The van der Waals surface area contributed by atoms with Gasteiger partial charge in [0.05, 0.1) is 5.52 Å². The number of fused-ring (bicyclic) bond motifs is 3. The zero-order valence-corrected chi connectivity index (χ0v) is 11.6. The Morgan fingerprint density at radius 2 is 2.13 bits per heavy atom. The van der Waals surface area contributed by atoms with E-state index < -0.39 is 80.4 Å². The molecule has 2 saturated heterocycles. The van der Waals surface area contributed by atoms with Crippen molar-refractivity contribution >= 4 is 16.8 Å². The number of amides is 1. The van der Waals surface area contributed by atoms with Gasteiger partial charge in [0, 0.05) is 55.1 Å². The molecule has 0 radical (unpaired) electrons. The van der Waals surface area contributed by atoms with Gasteiger partial charge in [0.15, 0.2) is 5.69 Å². The van der Waals surface area contributed by atoms with Crippen LogP contribution in [0.15, 0.2) is 24.3 Å². The zero-order chi connectivity index (χ0) is 31.8. The van der Waals surface area contributed by atoms with Crippen molar-refractivity contribution in [3.05, 3.63) is 30.0 Å². The standard InChI is InChI=1S/C18H24N4O/c1-21-13-6-5-7-14(21)11-12(10-13)19-18(23)17-15-8-3-4-9-16(15)22(2)20-17/h3-4,8-9,12-14H,5-7,10-11H2,1-2H3,(H,19,23)/t13-,14-/m1/s1/i1D3,2D3,5D2,6D2,7D2,10D2,11D2,13D,14D. The molecule has 2 aliphatic heterocycles. The molecule has 2 atom stereocenters. The van der Waals surface area contributed by atoms with Gasteiger partial charge in [-0.1, -0.05) is 24.6 Å². The molecule has 23 heavy (non-hydrogen) atoms. The lowest BCUT2D eigenvalue weighted by Crippen LogP contribution is -2.55. The minimum Gasteiger partial charge on any atom is -0.348 e. The number of piperidine rings is 2. The van der Waals surface area contributed by atoms with Gasteiger partial charge in [-0.25, -0.2) is 0 Å². The van der Waals surface area contributed by atoms with Crippen LogP contribution in [0, 0.1) is 0 Å². The van der Waals surface area contributed by atoms with E-state index in [2.05, 4.69) is 5.10 Å². The summed E-state index contributed by atoms with van der Waals surface area (Å²) in [5, 5.41) is 5.54. The molecule has 5 heteroatoms. The second kappa shape index (κ2) is 5.64. The lowest BCUT2D eigenvalue weighted by atomic mass is 9.82. The highest BCUT2D eigenvalue weighted by Crippen LogP contribution is 2.32. The van der Waals surface area contributed by atoms with Crippen LogP contribution in [-0.2, 0) is 6.98 Å². The average molecular weight is 331 g/mol. The number of aromatic nitrogens is 2. The number of nitrogens with zero attached hydrogens (tertiary/aromatic N) is 3. The molecule has 1 N–H and O–H groups in total. The number of aryl methyl sites for hydroxylation is 1. The molecule has 5 nitrogen and oxygen atoms in total. The quantitative estimate of drug-likeness (QED) is 0.919. The molecular formula is C18H24N4O. The number of rotatable bonds is 2. The van der Waals surface area contributed by atoms with E-state index in [-0.39, 0.29) is 10.9 Å². The van der Waals surface area contributed by atoms with Crippen molar-refractivity contribution in [3.63, 3.8) is 0 Å². The highest BCUT2D eigenvalue weighted by Gasteiger charge is 2.36.